The highest BCUT2D eigenvalue weighted by Crippen LogP contribution is 2.55. The molecule has 4 amide bonds. The van der Waals surface area contributed by atoms with Gasteiger partial charge in [-0.05, 0) is 54.7 Å². The number of nitrogens with one attached hydrogen (secondary N) is 3. The number of aliphatic hydroxyl groups excluding tert-OH is 1. The minimum atomic E-state index is -3.21. The highest BCUT2D eigenvalue weighted by Gasteiger charge is 2.64. The highest BCUT2D eigenvalue weighted by atomic mass is 35.5. The number of aryl methyl sites for hydroxylation is 1. The zero-order valence-corrected chi connectivity index (χ0v) is 44.0. The number of halogens is 3. The van der Waals surface area contributed by atoms with Crippen molar-refractivity contribution < 1.29 is 37.8 Å². The lowest BCUT2D eigenvalue weighted by molar-refractivity contribution is -0.164. The molecule has 0 radical (unpaired) electrons. The number of aromatic nitrogens is 2. The lowest BCUT2D eigenvalue weighted by Crippen LogP contribution is -2.74. The molecule has 2 aromatic carbocycles. The maximum absolute atomic E-state index is 15.5. The number of ether oxygens (including phenoxy) is 1. The van der Waals surface area contributed by atoms with Gasteiger partial charge in [-0.25, -0.2) is 18.7 Å². The summed E-state index contributed by atoms with van der Waals surface area (Å²) >= 11 is 7.79. The Morgan fingerprint density at radius 3 is 2.25 bits per heavy atom. The van der Waals surface area contributed by atoms with E-state index in [9.17, 15) is 29.5 Å². The number of nitriles is 1. The van der Waals surface area contributed by atoms with Gasteiger partial charge in [0.1, 0.15) is 35.8 Å². The molecule has 19 heteroatoms. The van der Waals surface area contributed by atoms with Crippen molar-refractivity contribution in [2.45, 2.75) is 124 Å². The van der Waals surface area contributed by atoms with E-state index in [-0.39, 0.29) is 31.0 Å². The molecule has 3 fully saturated rings. The highest BCUT2D eigenvalue weighted by molar-refractivity contribution is 7.13. The molecule has 4 N–H and O–H groups in total. The third kappa shape index (κ3) is 12.0. The molecular weight excluding hydrogens is 964 g/mol. The molecular formula is C53H66ClF2N9O6S. The second kappa shape index (κ2) is 21.4. The van der Waals surface area contributed by atoms with Crippen molar-refractivity contribution in [1.29, 1.82) is 5.26 Å². The van der Waals surface area contributed by atoms with Gasteiger partial charge < -0.3 is 35.6 Å². The molecule has 4 aromatic rings. The molecule has 2 aromatic heterocycles. The van der Waals surface area contributed by atoms with Crippen LogP contribution in [0.2, 0.25) is 5.02 Å². The van der Waals surface area contributed by atoms with Crippen LogP contribution >= 0.6 is 22.9 Å². The molecule has 1 saturated carbocycles. The van der Waals surface area contributed by atoms with E-state index < -0.39 is 83.5 Å². The predicted molar refractivity (Wildman–Crippen MR) is 273 cm³/mol. The zero-order valence-electron chi connectivity index (χ0n) is 42.4. The molecule has 2 saturated heterocycles. The molecule has 7 rings (SSSR count). The van der Waals surface area contributed by atoms with E-state index in [1.165, 1.54) is 11.1 Å². The second-order valence-corrected chi connectivity index (χ2v) is 23.0. The van der Waals surface area contributed by atoms with Crippen LogP contribution in [0.1, 0.15) is 108 Å². The van der Waals surface area contributed by atoms with E-state index in [0.29, 0.717) is 53.9 Å². The normalized spacial score (nSPS) is 21.7. The molecule has 72 heavy (non-hydrogen) atoms. The molecule has 0 spiro atoms. The van der Waals surface area contributed by atoms with Gasteiger partial charge in [0.05, 0.1) is 50.9 Å². The van der Waals surface area contributed by atoms with Crippen molar-refractivity contribution in [2.24, 2.45) is 16.2 Å². The molecule has 4 heterocycles. The van der Waals surface area contributed by atoms with Crippen molar-refractivity contribution in [1.82, 2.24) is 35.7 Å². The molecule has 2 aliphatic heterocycles. The summed E-state index contributed by atoms with van der Waals surface area (Å²) in [5.41, 5.74) is 3.57. The standard InChI is InChI=1S/C53H66ClF2N9O6S/c1-31(33-10-12-34(13-11-33)43-32(2)59-30-72-43)60-46(69)40-24-37(66)28-65(40)47(70)44(50(3,4)5)61-42(67)18-19-53(55,56)29-63-20-22-64(23-21-63)41-17-15-36(27-58-41)45(68)62-48-51(6,7)49(52(48,8)9)71-38-16-14-35(26-57)39(54)25-38/h10-17,25,27,30-31,37,40,44,48-49,66H,18-24,28-29H2,1-9H3,(H,60,69)(H,61,67)(H,62,68)/t31-,37+,40-,44+,48?,49?/m0/s1. The Bertz CT molecular complexity index is 2650. The first-order valence-electron chi connectivity index (χ1n) is 24.4. The minimum absolute atomic E-state index is 0.0118. The third-order valence-corrected chi connectivity index (χ3v) is 15.7. The molecule has 1 aliphatic carbocycles. The number of β-amino-alcohol motifs (C(OH)–C–C–N with tert-alkyl or cyclic N) is 1. The molecule has 3 aliphatic rings. The third-order valence-electron chi connectivity index (χ3n) is 14.4. The first-order chi connectivity index (χ1) is 33.8. The summed E-state index contributed by atoms with van der Waals surface area (Å²) in [7, 11) is 0. The molecule has 0 unspecified atom stereocenters. The Balaban J connectivity index is 0.862. The van der Waals surface area contributed by atoms with E-state index >= 15 is 8.78 Å². The van der Waals surface area contributed by atoms with Crippen LogP contribution in [0.4, 0.5) is 14.6 Å². The van der Waals surface area contributed by atoms with E-state index in [1.54, 1.807) is 72.9 Å². The van der Waals surface area contributed by atoms with Crippen LogP contribution in [0.15, 0.2) is 66.3 Å². The number of carbonyl (C=O) groups excluding carboxylic acids is 4. The SMILES string of the molecule is Cc1ncsc1-c1ccc([C@H](C)NC(=O)[C@@H]2C[C@@H](O)CN2C(=O)[C@@H](NC(=O)CCC(F)(F)CN2CCN(c3ccc(C(=O)NC4C(C)(C)C(Oc5ccc(C#N)c(Cl)c5)C4(C)C)cn3)CC2)C(C)(C)C)cc1. The largest absolute Gasteiger partial charge is 0.489 e. The molecule has 4 atom stereocenters. The van der Waals surface area contributed by atoms with Crippen LogP contribution in [-0.4, -0.2) is 124 Å². The van der Waals surface area contributed by atoms with E-state index in [2.05, 4.69) is 25.9 Å². The summed E-state index contributed by atoms with van der Waals surface area (Å²) in [6.45, 7) is 17.9. The van der Waals surface area contributed by atoms with E-state index in [1.807, 2.05) is 76.8 Å². The number of alkyl halides is 2. The Morgan fingerprint density at radius 1 is 0.986 bits per heavy atom. The lowest BCUT2D eigenvalue weighted by atomic mass is 9.49. The number of carbonyl (C=O) groups is 4. The van der Waals surface area contributed by atoms with Crippen molar-refractivity contribution in [2.75, 3.05) is 44.2 Å². The molecule has 15 nitrogen and oxygen atoms in total. The summed E-state index contributed by atoms with van der Waals surface area (Å²) in [6.07, 6.45) is -0.968. The van der Waals surface area contributed by atoms with Crippen LogP contribution in [0.3, 0.4) is 0 Å². The zero-order chi connectivity index (χ0) is 52.5. The predicted octanol–water partition coefficient (Wildman–Crippen LogP) is 7.56. The van der Waals surface area contributed by atoms with Gasteiger partial charge in [0.15, 0.2) is 0 Å². The minimum Gasteiger partial charge on any atom is -0.489 e. The Labute approximate surface area is 429 Å². The Morgan fingerprint density at radius 2 is 1.67 bits per heavy atom. The summed E-state index contributed by atoms with van der Waals surface area (Å²) in [5.74, 6) is -4.07. The first-order valence-corrected chi connectivity index (χ1v) is 25.6. The summed E-state index contributed by atoms with van der Waals surface area (Å²) < 4.78 is 37.4. The smallest absolute Gasteiger partial charge is 0.261 e. The Kier molecular flexibility index (Phi) is 16.1. The van der Waals surface area contributed by atoms with Gasteiger partial charge in [0, 0.05) is 81.1 Å². The van der Waals surface area contributed by atoms with Crippen molar-refractivity contribution in [3.63, 3.8) is 0 Å². The Hall–Kier alpha value is -5.74. The van der Waals surface area contributed by atoms with Gasteiger partial charge in [-0.3, -0.25) is 24.1 Å². The summed E-state index contributed by atoms with van der Waals surface area (Å²) in [5, 5.41) is 29.0. The van der Waals surface area contributed by atoms with Gasteiger partial charge in [-0.2, -0.15) is 5.26 Å². The number of nitrogens with zero attached hydrogens (tertiary/aromatic N) is 6. The second-order valence-electron chi connectivity index (χ2n) is 21.7. The lowest BCUT2D eigenvalue weighted by Gasteiger charge is -2.63. The van der Waals surface area contributed by atoms with Crippen molar-refractivity contribution in [3.8, 4) is 22.3 Å². The van der Waals surface area contributed by atoms with E-state index in [0.717, 1.165) is 21.7 Å². The van der Waals surface area contributed by atoms with Crippen LogP contribution in [0.5, 0.6) is 5.75 Å². The van der Waals surface area contributed by atoms with Crippen LogP contribution in [0.25, 0.3) is 10.4 Å². The van der Waals surface area contributed by atoms with Crippen molar-refractivity contribution >= 4 is 52.4 Å². The number of pyridine rings is 1. The number of hydrogen-bond donors (Lipinski definition) is 4. The van der Waals surface area contributed by atoms with Crippen LogP contribution in [-0.2, 0) is 14.4 Å². The fourth-order valence-electron chi connectivity index (χ4n) is 10.6. The average molecular weight is 1030 g/mol. The maximum Gasteiger partial charge on any atom is 0.261 e. The number of rotatable bonds is 16. The number of aliphatic hydroxyl groups is 1. The quantitative estimate of drug-likeness (QED) is 0.0866. The molecule has 386 valence electrons. The number of hydrogen-bond acceptors (Lipinski definition) is 12. The van der Waals surface area contributed by atoms with E-state index in [4.69, 9.17) is 16.3 Å². The van der Waals surface area contributed by atoms with Gasteiger partial charge in [0.2, 0.25) is 17.7 Å². The van der Waals surface area contributed by atoms with Gasteiger partial charge in [0.25, 0.3) is 11.8 Å². The summed E-state index contributed by atoms with van der Waals surface area (Å²) in [4.78, 5) is 69.5. The number of benzene rings is 2. The first kappa shape index (κ1) is 54.0. The van der Waals surface area contributed by atoms with Crippen LogP contribution < -0.4 is 25.6 Å². The van der Waals surface area contributed by atoms with Crippen LogP contribution in [0, 0.1) is 34.5 Å². The fourth-order valence-corrected chi connectivity index (χ4v) is 11.6. The fraction of sp³-hybridized carbons (Fsp3) is 0.528. The van der Waals surface area contributed by atoms with Crippen molar-refractivity contribution in [3.05, 3.63) is 93.7 Å². The molecule has 0 bridgehead atoms. The monoisotopic (exact) mass is 1030 g/mol. The number of piperazine rings is 1. The average Bonchev–Trinajstić information content (AvgIpc) is 3.95. The topological polar surface area (TPSA) is 193 Å². The number of thiazole rings is 1. The van der Waals surface area contributed by atoms with Gasteiger partial charge in [-0.15, -0.1) is 11.3 Å². The number of likely N-dealkylation sites (tertiary alicyclic amines) is 1. The number of amides is 4. The number of anilines is 1. The maximum atomic E-state index is 15.5. The van der Waals surface area contributed by atoms with Gasteiger partial charge in [-0.1, -0.05) is 84.3 Å². The summed E-state index contributed by atoms with van der Waals surface area (Å²) in [6, 6.07) is 15.4. The van der Waals surface area contributed by atoms with Gasteiger partial charge >= 0.3 is 0 Å².